The number of piperidine rings is 1. The monoisotopic (exact) mass is 532 g/mol. The molecule has 1 saturated heterocycles. The van der Waals surface area contributed by atoms with Crippen LogP contribution in [-0.2, 0) is 14.3 Å². The first kappa shape index (κ1) is 26.0. The van der Waals surface area contributed by atoms with Crippen LogP contribution in [0.2, 0.25) is 5.02 Å². The molecular formula is C25H26ClFN4O4S. The molecular weight excluding hydrogens is 507 g/mol. The zero-order valence-electron chi connectivity index (χ0n) is 19.9. The van der Waals surface area contributed by atoms with Crippen molar-refractivity contribution >= 4 is 35.2 Å². The van der Waals surface area contributed by atoms with Gasteiger partial charge in [-0.2, -0.15) is 0 Å². The van der Waals surface area contributed by atoms with Gasteiger partial charge in [-0.05, 0) is 62.2 Å². The molecule has 0 atom stereocenters. The fourth-order valence-corrected chi connectivity index (χ4v) is 5.02. The maximum atomic E-state index is 13.9. The van der Waals surface area contributed by atoms with Crippen LogP contribution in [0.1, 0.15) is 19.8 Å². The van der Waals surface area contributed by atoms with Gasteiger partial charge in [-0.15, -0.1) is 10.2 Å². The Morgan fingerprint density at radius 3 is 2.50 bits per heavy atom. The van der Waals surface area contributed by atoms with Crippen LogP contribution >= 0.6 is 23.4 Å². The van der Waals surface area contributed by atoms with Crippen LogP contribution in [0.3, 0.4) is 0 Å². The molecule has 1 amide bonds. The van der Waals surface area contributed by atoms with Gasteiger partial charge >= 0.3 is 5.97 Å². The van der Waals surface area contributed by atoms with E-state index in [0.717, 1.165) is 5.56 Å². The van der Waals surface area contributed by atoms with Crippen LogP contribution in [0.15, 0.2) is 47.6 Å². The zero-order chi connectivity index (χ0) is 25.7. The number of aromatic nitrogens is 3. The highest BCUT2D eigenvalue weighted by Gasteiger charge is 2.28. The average molecular weight is 533 g/mol. The van der Waals surface area contributed by atoms with Crippen molar-refractivity contribution in [1.29, 1.82) is 0 Å². The summed E-state index contributed by atoms with van der Waals surface area (Å²) in [4.78, 5) is 26.6. The van der Waals surface area contributed by atoms with Gasteiger partial charge in [-0.25, -0.2) is 4.39 Å². The minimum atomic E-state index is -0.532. The quantitative estimate of drug-likeness (QED) is 0.309. The molecule has 2 aromatic carbocycles. The summed E-state index contributed by atoms with van der Waals surface area (Å²) in [6, 6.07) is 11.7. The molecule has 0 radical (unpaired) electrons. The molecule has 0 aliphatic carbocycles. The fraction of sp³-hybridized carbons (Fsp3) is 0.360. The lowest BCUT2D eigenvalue weighted by atomic mass is 9.97. The molecule has 0 saturated carbocycles. The normalized spacial score (nSPS) is 14.1. The minimum Gasteiger partial charge on any atom is -0.497 e. The predicted octanol–water partition coefficient (Wildman–Crippen LogP) is 4.63. The first-order chi connectivity index (χ1) is 17.4. The SMILES string of the molecule is CCOC(=O)C1CCN(C(=O)CSc2nnc(-c3ccc(OC)cc3)n2-c2ccc(F)c(Cl)c2)CC1. The van der Waals surface area contributed by atoms with E-state index in [-0.39, 0.29) is 28.6 Å². The maximum Gasteiger partial charge on any atom is 0.309 e. The number of thioether (sulfide) groups is 1. The number of likely N-dealkylation sites (tertiary alicyclic amines) is 1. The number of halogens is 2. The Morgan fingerprint density at radius 2 is 1.86 bits per heavy atom. The molecule has 190 valence electrons. The Bertz CT molecular complexity index is 1230. The number of esters is 1. The number of benzene rings is 2. The van der Waals surface area contributed by atoms with E-state index in [1.807, 2.05) is 24.3 Å². The Balaban J connectivity index is 1.52. The number of hydrogen-bond donors (Lipinski definition) is 0. The predicted molar refractivity (Wildman–Crippen MR) is 135 cm³/mol. The summed E-state index contributed by atoms with van der Waals surface area (Å²) in [6.07, 6.45) is 1.17. The molecule has 8 nitrogen and oxygen atoms in total. The Kier molecular flexibility index (Phi) is 8.48. The summed E-state index contributed by atoms with van der Waals surface area (Å²) >= 11 is 7.29. The summed E-state index contributed by atoms with van der Waals surface area (Å²) in [6.45, 7) is 3.14. The number of ether oxygens (including phenoxy) is 2. The molecule has 4 rings (SSSR count). The van der Waals surface area contributed by atoms with Crippen LogP contribution in [0.25, 0.3) is 17.1 Å². The van der Waals surface area contributed by atoms with E-state index in [9.17, 15) is 14.0 Å². The molecule has 1 aliphatic heterocycles. The third-order valence-corrected chi connectivity index (χ3v) is 7.14. The lowest BCUT2D eigenvalue weighted by Crippen LogP contribution is -2.41. The molecule has 3 aromatic rings. The van der Waals surface area contributed by atoms with Crippen LogP contribution in [0.5, 0.6) is 5.75 Å². The van der Waals surface area contributed by atoms with Crippen LogP contribution < -0.4 is 4.74 Å². The van der Waals surface area contributed by atoms with Crippen molar-refractivity contribution in [2.45, 2.75) is 24.9 Å². The second-order valence-corrected chi connectivity index (χ2v) is 9.51. The van der Waals surface area contributed by atoms with Crippen LogP contribution in [0.4, 0.5) is 4.39 Å². The largest absolute Gasteiger partial charge is 0.497 e. The number of amides is 1. The maximum absolute atomic E-state index is 13.9. The Hall–Kier alpha value is -3.11. The summed E-state index contributed by atoms with van der Waals surface area (Å²) in [5.74, 6) is 0.401. The van der Waals surface area contributed by atoms with Gasteiger partial charge in [-0.1, -0.05) is 23.4 Å². The molecule has 0 unspecified atom stereocenters. The lowest BCUT2D eigenvalue weighted by Gasteiger charge is -2.30. The second kappa shape index (κ2) is 11.7. The topological polar surface area (TPSA) is 86.6 Å². The second-order valence-electron chi connectivity index (χ2n) is 8.16. The molecule has 0 N–H and O–H groups in total. The number of rotatable bonds is 8. The standard InChI is InChI=1S/C25H26ClFN4O4S/c1-3-35-24(33)17-10-12-30(13-11-17)22(32)15-36-25-29-28-23(16-4-7-19(34-2)8-5-16)31(25)18-6-9-21(27)20(26)14-18/h4-9,14,17H,3,10-13,15H2,1-2H3. The van der Waals surface area contributed by atoms with Crippen molar-refractivity contribution in [3.8, 4) is 22.8 Å². The van der Waals surface area contributed by atoms with Crippen molar-refractivity contribution in [2.75, 3.05) is 32.6 Å². The molecule has 1 aromatic heterocycles. The van der Waals surface area contributed by atoms with E-state index in [2.05, 4.69) is 10.2 Å². The summed E-state index contributed by atoms with van der Waals surface area (Å²) in [5.41, 5.74) is 1.34. The minimum absolute atomic E-state index is 0.0293. The van der Waals surface area contributed by atoms with Gasteiger partial charge in [0.05, 0.1) is 36.1 Å². The lowest BCUT2D eigenvalue weighted by molar-refractivity contribution is -0.151. The van der Waals surface area contributed by atoms with E-state index in [1.165, 1.54) is 23.9 Å². The van der Waals surface area contributed by atoms with E-state index in [4.69, 9.17) is 21.1 Å². The van der Waals surface area contributed by atoms with Crippen molar-refractivity contribution in [3.63, 3.8) is 0 Å². The third-order valence-electron chi connectivity index (χ3n) is 5.94. The molecule has 2 heterocycles. The Morgan fingerprint density at radius 1 is 1.14 bits per heavy atom. The van der Waals surface area contributed by atoms with E-state index >= 15 is 0 Å². The highest BCUT2D eigenvalue weighted by atomic mass is 35.5. The van der Waals surface area contributed by atoms with Crippen molar-refractivity contribution < 1.29 is 23.5 Å². The van der Waals surface area contributed by atoms with Gasteiger partial charge in [0, 0.05) is 18.7 Å². The smallest absolute Gasteiger partial charge is 0.309 e. The highest BCUT2D eigenvalue weighted by molar-refractivity contribution is 7.99. The third kappa shape index (κ3) is 5.82. The van der Waals surface area contributed by atoms with Crippen molar-refractivity contribution in [2.24, 2.45) is 5.92 Å². The number of carbonyl (C=O) groups is 2. The fourth-order valence-electron chi connectivity index (χ4n) is 3.99. The average Bonchev–Trinajstić information content (AvgIpc) is 3.33. The van der Waals surface area contributed by atoms with Crippen LogP contribution in [-0.4, -0.2) is 64.1 Å². The van der Waals surface area contributed by atoms with Crippen molar-refractivity contribution in [1.82, 2.24) is 19.7 Å². The zero-order valence-corrected chi connectivity index (χ0v) is 21.5. The molecule has 1 fully saturated rings. The molecule has 11 heteroatoms. The van der Waals surface area contributed by atoms with E-state index in [0.29, 0.717) is 55.0 Å². The molecule has 0 bridgehead atoms. The molecule has 36 heavy (non-hydrogen) atoms. The molecule has 0 spiro atoms. The number of nitrogens with zero attached hydrogens (tertiary/aromatic N) is 4. The van der Waals surface area contributed by atoms with Crippen LogP contribution in [0, 0.1) is 11.7 Å². The summed E-state index contributed by atoms with van der Waals surface area (Å²) < 4.78 is 25.9. The number of methoxy groups -OCH3 is 1. The van der Waals surface area contributed by atoms with E-state index < -0.39 is 5.82 Å². The van der Waals surface area contributed by atoms with Gasteiger partial charge in [0.1, 0.15) is 11.6 Å². The van der Waals surface area contributed by atoms with Gasteiger partial charge in [0.25, 0.3) is 0 Å². The summed E-state index contributed by atoms with van der Waals surface area (Å²) in [5, 5.41) is 9.10. The summed E-state index contributed by atoms with van der Waals surface area (Å²) in [7, 11) is 1.59. The van der Waals surface area contributed by atoms with Gasteiger partial charge < -0.3 is 14.4 Å². The van der Waals surface area contributed by atoms with Crippen molar-refractivity contribution in [3.05, 3.63) is 53.3 Å². The van der Waals surface area contributed by atoms with Gasteiger partial charge in [0.2, 0.25) is 5.91 Å². The first-order valence-electron chi connectivity index (χ1n) is 11.5. The number of carbonyl (C=O) groups excluding carboxylic acids is 2. The molecule has 1 aliphatic rings. The van der Waals surface area contributed by atoms with Gasteiger partial charge in [0.15, 0.2) is 11.0 Å². The Labute approximate surface area is 217 Å². The number of hydrogen-bond acceptors (Lipinski definition) is 7. The highest BCUT2D eigenvalue weighted by Crippen LogP contribution is 2.31. The first-order valence-corrected chi connectivity index (χ1v) is 12.9. The van der Waals surface area contributed by atoms with Gasteiger partial charge in [-0.3, -0.25) is 14.2 Å². The van der Waals surface area contributed by atoms with E-state index in [1.54, 1.807) is 29.6 Å².